The summed E-state index contributed by atoms with van der Waals surface area (Å²) in [5.41, 5.74) is 0.925. The monoisotopic (exact) mass is 432 g/mol. The molecule has 2 saturated heterocycles. The summed E-state index contributed by atoms with van der Waals surface area (Å²) in [6.07, 6.45) is 3.70. The molecule has 2 fully saturated rings. The zero-order valence-electron chi connectivity index (χ0n) is 16.8. The number of anilines is 1. The number of morpholine rings is 1. The molecule has 1 aromatic heterocycles. The molecule has 3 heterocycles. The summed E-state index contributed by atoms with van der Waals surface area (Å²) < 4.78 is 19.9. The van der Waals surface area contributed by atoms with E-state index in [0.29, 0.717) is 29.4 Å². The summed E-state index contributed by atoms with van der Waals surface area (Å²) >= 11 is 6.32. The Morgan fingerprint density at radius 1 is 1.17 bits per heavy atom. The maximum atomic E-state index is 14.6. The summed E-state index contributed by atoms with van der Waals surface area (Å²) in [6, 6.07) is 8.04. The van der Waals surface area contributed by atoms with Crippen molar-refractivity contribution in [1.82, 2.24) is 15.2 Å². The molecule has 0 aliphatic carbocycles. The molecule has 160 valence electrons. The third-order valence-corrected chi connectivity index (χ3v) is 6.05. The first kappa shape index (κ1) is 21.0. The molecule has 1 atom stereocenters. The predicted octanol–water partition coefficient (Wildman–Crippen LogP) is 3.28. The lowest BCUT2D eigenvalue weighted by atomic mass is 10.0. The summed E-state index contributed by atoms with van der Waals surface area (Å²) in [7, 11) is 0. The van der Waals surface area contributed by atoms with Gasteiger partial charge in [-0.3, -0.25) is 9.69 Å². The smallest absolute Gasteiger partial charge is 0.252 e. The number of aromatic nitrogens is 1. The molecule has 0 spiro atoms. The lowest BCUT2D eigenvalue weighted by Crippen LogP contribution is -2.38. The molecular weight excluding hydrogens is 407 g/mol. The van der Waals surface area contributed by atoms with E-state index in [1.54, 1.807) is 24.4 Å². The molecule has 1 aromatic carbocycles. The molecule has 0 saturated carbocycles. The average Bonchev–Trinajstić information content (AvgIpc) is 3.31. The number of likely N-dealkylation sites (tertiary alicyclic amines) is 1. The van der Waals surface area contributed by atoms with Crippen molar-refractivity contribution in [2.24, 2.45) is 0 Å². The molecule has 1 unspecified atom stereocenters. The first-order valence-corrected chi connectivity index (χ1v) is 10.8. The Labute approximate surface area is 181 Å². The molecule has 4 rings (SSSR count). The van der Waals surface area contributed by atoms with E-state index in [-0.39, 0.29) is 24.3 Å². The van der Waals surface area contributed by atoms with E-state index < -0.39 is 0 Å². The largest absolute Gasteiger partial charge is 0.378 e. The highest BCUT2D eigenvalue weighted by Crippen LogP contribution is 2.32. The molecule has 1 amide bonds. The van der Waals surface area contributed by atoms with Crippen LogP contribution in [0.15, 0.2) is 36.5 Å². The van der Waals surface area contributed by atoms with Crippen LogP contribution in [-0.2, 0) is 4.74 Å². The van der Waals surface area contributed by atoms with Crippen LogP contribution in [0.5, 0.6) is 0 Å². The molecule has 0 bridgehead atoms. The quantitative estimate of drug-likeness (QED) is 0.759. The molecule has 6 nitrogen and oxygen atoms in total. The van der Waals surface area contributed by atoms with Crippen molar-refractivity contribution < 1.29 is 13.9 Å². The second-order valence-corrected chi connectivity index (χ2v) is 8.02. The molecule has 8 heteroatoms. The van der Waals surface area contributed by atoms with Gasteiger partial charge in [-0.2, -0.15) is 0 Å². The topological polar surface area (TPSA) is 57.7 Å². The fourth-order valence-electron chi connectivity index (χ4n) is 4.09. The fraction of sp³-hybridized carbons (Fsp3) is 0.455. The Morgan fingerprint density at radius 2 is 1.93 bits per heavy atom. The van der Waals surface area contributed by atoms with Gasteiger partial charge >= 0.3 is 0 Å². The molecule has 2 aliphatic heterocycles. The van der Waals surface area contributed by atoms with Crippen LogP contribution in [0.25, 0.3) is 0 Å². The zero-order chi connectivity index (χ0) is 20.9. The first-order valence-electron chi connectivity index (χ1n) is 10.4. The van der Waals surface area contributed by atoms with Crippen molar-refractivity contribution in [3.8, 4) is 0 Å². The number of rotatable bonds is 6. The predicted molar refractivity (Wildman–Crippen MR) is 115 cm³/mol. The Morgan fingerprint density at radius 3 is 2.60 bits per heavy atom. The molecule has 2 aromatic rings. The van der Waals surface area contributed by atoms with Crippen molar-refractivity contribution in [1.29, 1.82) is 0 Å². The van der Waals surface area contributed by atoms with Gasteiger partial charge in [0, 0.05) is 36.4 Å². The maximum absolute atomic E-state index is 14.6. The van der Waals surface area contributed by atoms with Gasteiger partial charge < -0.3 is 15.0 Å². The van der Waals surface area contributed by atoms with Gasteiger partial charge in [-0.1, -0.05) is 17.7 Å². The number of hydrogen-bond acceptors (Lipinski definition) is 5. The van der Waals surface area contributed by atoms with Gasteiger partial charge in [-0.25, -0.2) is 9.37 Å². The third-order valence-electron chi connectivity index (χ3n) is 5.72. The number of nitrogens with one attached hydrogen (secondary N) is 1. The van der Waals surface area contributed by atoms with Crippen LogP contribution in [0.4, 0.5) is 10.2 Å². The SMILES string of the molecule is O=C(NCC(c1c(F)cccc1Cl)N1CCCC1)c1ccc(N2CCOCC2)nc1. The second kappa shape index (κ2) is 9.73. The normalized spacial score (nSPS) is 18.4. The Kier molecular flexibility index (Phi) is 6.82. The maximum Gasteiger partial charge on any atom is 0.252 e. The van der Waals surface area contributed by atoms with E-state index in [9.17, 15) is 9.18 Å². The number of carbonyl (C=O) groups is 1. The van der Waals surface area contributed by atoms with Crippen LogP contribution in [0, 0.1) is 5.82 Å². The number of halogens is 2. The fourth-order valence-corrected chi connectivity index (χ4v) is 4.38. The molecule has 0 radical (unpaired) electrons. The van der Waals surface area contributed by atoms with Crippen LogP contribution < -0.4 is 10.2 Å². The standard InChI is InChI=1S/C22H26ClFN4O2/c23-17-4-3-5-18(24)21(17)19(27-8-1-2-9-27)15-26-22(29)16-6-7-20(25-14-16)28-10-12-30-13-11-28/h3-7,14,19H,1-2,8-13,15H2,(H,26,29). The average molecular weight is 433 g/mol. The lowest BCUT2D eigenvalue weighted by molar-refractivity contribution is 0.0936. The van der Waals surface area contributed by atoms with Gasteiger partial charge in [0.05, 0.1) is 24.8 Å². The number of nitrogens with zero attached hydrogens (tertiary/aromatic N) is 3. The van der Waals surface area contributed by atoms with E-state index in [1.165, 1.54) is 6.07 Å². The second-order valence-electron chi connectivity index (χ2n) is 7.61. The van der Waals surface area contributed by atoms with Crippen LogP contribution in [-0.4, -0.2) is 61.7 Å². The minimum absolute atomic E-state index is 0.229. The number of pyridine rings is 1. The number of carbonyl (C=O) groups excluding carboxylic acids is 1. The molecule has 1 N–H and O–H groups in total. The Bertz CT molecular complexity index is 848. The number of amides is 1. The van der Waals surface area contributed by atoms with Gasteiger partial charge in [0.2, 0.25) is 0 Å². The highest BCUT2D eigenvalue weighted by atomic mass is 35.5. The summed E-state index contributed by atoms with van der Waals surface area (Å²) in [5, 5.41) is 3.34. The summed E-state index contributed by atoms with van der Waals surface area (Å²) in [5.74, 6) is 0.265. The van der Waals surface area contributed by atoms with Crippen LogP contribution in [0.1, 0.15) is 34.8 Å². The van der Waals surface area contributed by atoms with Crippen molar-refractivity contribution in [2.45, 2.75) is 18.9 Å². The molecule has 30 heavy (non-hydrogen) atoms. The number of benzene rings is 1. The summed E-state index contributed by atoms with van der Waals surface area (Å²) in [4.78, 5) is 21.5. The van der Waals surface area contributed by atoms with Crippen molar-refractivity contribution in [3.05, 3.63) is 58.5 Å². The zero-order valence-corrected chi connectivity index (χ0v) is 17.6. The van der Waals surface area contributed by atoms with Crippen molar-refractivity contribution in [3.63, 3.8) is 0 Å². The summed E-state index contributed by atoms with van der Waals surface area (Å²) in [6.45, 7) is 4.95. The van der Waals surface area contributed by atoms with E-state index in [1.807, 2.05) is 6.07 Å². The van der Waals surface area contributed by atoms with Gasteiger partial charge in [-0.15, -0.1) is 0 Å². The van der Waals surface area contributed by atoms with Gasteiger partial charge in [-0.05, 0) is 50.2 Å². The van der Waals surface area contributed by atoms with E-state index in [2.05, 4.69) is 20.1 Å². The third kappa shape index (κ3) is 4.74. The van der Waals surface area contributed by atoms with Crippen molar-refractivity contribution >= 4 is 23.3 Å². The van der Waals surface area contributed by atoms with E-state index in [4.69, 9.17) is 16.3 Å². The van der Waals surface area contributed by atoms with Crippen molar-refractivity contribution in [2.75, 3.05) is 50.8 Å². The molecular formula is C22H26ClFN4O2. The number of ether oxygens (including phenoxy) is 1. The van der Waals surface area contributed by atoms with Crippen LogP contribution in [0.2, 0.25) is 5.02 Å². The van der Waals surface area contributed by atoms with E-state index >= 15 is 0 Å². The van der Waals surface area contributed by atoms with Gasteiger partial charge in [0.15, 0.2) is 0 Å². The first-order chi connectivity index (χ1) is 14.6. The minimum Gasteiger partial charge on any atom is -0.378 e. The molecule has 2 aliphatic rings. The highest BCUT2D eigenvalue weighted by Gasteiger charge is 2.28. The van der Waals surface area contributed by atoms with Gasteiger partial charge in [0.1, 0.15) is 11.6 Å². The minimum atomic E-state index is -0.342. The lowest BCUT2D eigenvalue weighted by Gasteiger charge is -2.29. The van der Waals surface area contributed by atoms with Crippen LogP contribution in [0.3, 0.4) is 0 Å². The van der Waals surface area contributed by atoms with Gasteiger partial charge in [0.25, 0.3) is 5.91 Å². The van der Waals surface area contributed by atoms with Crippen LogP contribution >= 0.6 is 11.6 Å². The Balaban J connectivity index is 1.44. The Hall–Kier alpha value is -2.22. The number of hydrogen-bond donors (Lipinski definition) is 1. The highest BCUT2D eigenvalue weighted by molar-refractivity contribution is 6.31. The van der Waals surface area contributed by atoms with E-state index in [0.717, 1.165) is 44.8 Å².